The highest BCUT2D eigenvalue weighted by Gasteiger charge is 2.20. The molecule has 6 nitrogen and oxygen atoms in total. The summed E-state index contributed by atoms with van der Waals surface area (Å²) in [5.74, 6) is 1.81. The van der Waals surface area contributed by atoms with Crippen molar-refractivity contribution in [3.8, 4) is 23.0 Å². The van der Waals surface area contributed by atoms with E-state index in [2.05, 4.69) is 22.3 Å². The first-order chi connectivity index (χ1) is 13.1. The molecule has 27 heavy (non-hydrogen) atoms. The molecular weight excluding hydrogens is 344 g/mol. The number of nitrogens with one attached hydrogen (secondary N) is 1. The summed E-state index contributed by atoms with van der Waals surface area (Å²) < 4.78 is 15.7. The summed E-state index contributed by atoms with van der Waals surface area (Å²) in [4.78, 5) is 2.41. The lowest BCUT2D eigenvalue weighted by Crippen LogP contribution is -2.38. The number of aromatic hydroxyl groups is 1. The van der Waals surface area contributed by atoms with E-state index in [9.17, 15) is 5.11 Å². The molecule has 146 valence electrons. The van der Waals surface area contributed by atoms with E-state index >= 15 is 0 Å². The lowest BCUT2D eigenvalue weighted by atomic mass is 10.0. The van der Waals surface area contributed by atoms with Crippen LogP contribution in [-0.2, 0) is 6.54 Å². The number of anilines is 1. The van der Waals surface area contributed by atoms with Gasteiger partial charge in [0, 0.05) is 31.4 Å². The topological polar surface area (TPSA) is 63.2 Å². The first-order valence-corrected chi connectivity index (χ1v) is 9.19. The predicted molar refractivity (Wildman–Crippen MR) is 106 cm³/mol. The number of nitrogens with zero attached hydrogens (tertiary/aromatic N) is 1. The van der Waals surface area contributed by atoms with Gasteiger partial charge in [0.1, 0.15) is 5.75 Å². The summed E-state index contributed by atoms with van der Waals surface area (Å²) >= 11 is 0. The minimum Gasteiger partial charge on any atom is -0.502 e. The van der Waals surface area contributed by atoms with E-state index in [1.54, 1.807) is 21.3 Å². The van der Waals surface area contributed by atoms with Gasteiger partial charge in [0.2, 0.25) is 5.75 Å². The van der Waals surface area contributed by atoms with Crippen LogP contribution < -0.4 is 19.5 Å². The van der Waals surface area contributed by atoms with Crippen molar-refractivity contribution in [1.82, 2.24) is 4.90 Å². The molecule has 0 saturated carbocycles. The normalized spacial score (nSPS) is 15.4. The van der Waals surface area contributed by atoms with Crippen LogP contribution in [0.1, 0.15) is 18.4 Å². The molecule has 1 aliphatic heterocycles. The van der Waals surface area contributed by atoms with Gasteiger partial charge >= 0.3 is 0 Å². The van der Waals surface area contributed by atoms with Crippen LogP contribution in [0.3, 0.4) is 0 Å². The van der Waals surface area contributed by atoms with Crippen LogP contribution in [0, 0.1) is 0 Å². The Morgan fingerprint density at radius 2 is 1.56 bits per heavy atom. The Bertz CT molecular complexity index is 715. The third-order valence-electron chi connectivity index (χ3n) is 4.99. The molecule has 1 fully saturated rings. The largest absolute Gasteiger partial charge is 0.502 e. The van der Waals surface area contributed by atoms with Crippen molar-refractivity contribution >= 4 is 5.69 Å². The van der Waals surface area contributed by atoms with Crippen LogP contribution in [0.4, 0.5) is 5.69 Å². The van der Waals surface area contributed by atoms with Crippen LogP contribution in [-0.4, -0.2) is 50.5 Å². The van der Waals surface area contributed by atoms with Crippen molar-refractivity contribution in [2.24, 2.45) is 0 Å². The number of phenolic OH excluding ortho intramolecular Hbond substituents is 1. The van der Waals surface area contributed by atoms with Crippen molar-refractivity contribution in [2.75, 3.05) is 39.7 Å². The van der Waals surface area contributed by atoms with Gasteiger partial charge < -0.3 is 24.6 Å². The second-order valence-corrected chi connectivity index (χ2v) is 6.77. The molecule has 0 atom stereocenters. The number of rotatable bonds is 7. The summed E-state index contributed by atoms with van der Waals surface area (Å²) in [7, 11) is 4.78. The number of ether oxygens (including phenoxy) is 3. The van der Waals surface area contributed by atoms with Crippen molar-refractivity contribution in [3.05, 3.63) is 42.0 Å². The predicted octanol–water partition coefficient (Wildman–Crippen LogP) is 3.49. The van der Waals surface area contributed by atoms with Crippen LogP contribution >= 0.6 is 0 Å². The van der Waals surface area contributed by atoms with Crippen molar-refractivity contribution in [1.29, 1.82) is 0 Å². The maximum atomic E-state index is 10.0. The first-order valence-electron chi connectivity index (χ1n) is 9.19. The van der Waals surface area contributed by atoms with Crippen LogP contribution in [0.15, 0.2) is 36.4 Å². The highest BCUT2D eigenvalue weighted by atomic mass is 16.5. The number of benzene rings is 2. The Kier molecular flexibility index (Phi) is 6.29. The lowest BCUT2D eigenvalue weighted by molar-refractivity contribution is 0.210. The molecule has 1 heterocycles. The quantitative estimate of drug-likeness (QED) is 0.776. The third-order valence-corrected chi connectivity index (χ3v) is 4.99. The van der Waals surface area contributed by atoms with Crippen LogP contribution in [0.2, 0.25) is 0 Å². The zero-order chi connectivity index (χ0) is 19.2. The zero-order valence-corrected chi connectivity index (χ0v) is 16.2. The maximum absolute atomic E-state index is 10.0. The molecular formula is C21H28N2O4. The van der Waals surface area contributed by atoms with Gasteiger partial charge in [-0.2, -0.15) is 0 Å². The Labute approximate surface area is 160 Å². The fourth-order valence-corrected chi connectivity index (χ4v) is 3.46. The van der Waals surface area contributed by atoms with E-state index in [-0.39, 0.29) is 5.75 Å². The van der Waals surface area contributed by atoms with Gasteiger partial charge in [-0.1, -0.05) is 0 Å². The third kappa shape index (κ3) is 4.77. The van der Waals surface area contributed by atoms with Crippen LogP contribution in [0.5, 0.6) is 23.0 Å². The molecule has 0 bridgehead atoms. The highest BCUT2D eigenvalue weighted by molar-refractivity contribution is 5.52. The van der Waals surface area contributed by atoms with E-state index in [1.165, 1.54) is 0 Å². The molecule has 2 aromatic carbocycles. The molecule has 2 N–H and O–H groups in total. The number of hydrogen-bond donors (Lipinski definition) is 2. The molecule has 0 spiro atoms. The molecule has 1 aliphatic rings. The molecule has 0 radical (unpaired) electrons. The number of hydrogen-bond acceptors (Lipinski definition) is 6. The van der Waals surface area contributed by atoms with Crippen molar-refractivity contribution in [3.63, 3.8) is 0 Å². The summed E-state index contributed by atoms with van der Waals surface area (Å²) in [5.41, 5.74) is 2.20. The average Bonchev–Trinajstić information content (AvgIpc) is 2.71. The van der Waals surface area contributed by atoms with E-state index in [0.29, 0.717) is 17.5 Å². The molecule has 6 heteroatoms. The standard InChI is InChI=1S/C21H28N2O4/c1-25-18-6-4-16(5-7-18)22-17-8-10-23(11-9-17)14-15-12-19(26-2)21(24)20(13-15)27-3/h4-7,12-13,17,22,24H,8-11,14H2,1-3H3. The minimum atomic E-state index is 0.0474. The molecule has 0 aliphatic carbocycles. The number of phenols is 1. The fraction of sp³-hybridized carbons (Fsp3) is 0.429. The second kappa shape index (κ2) is 8.86. The number of likely N-dealkylation sites (tertiary alicyclic amines) is 1. The fourth-order valence-electron chi connectivity index (χ4n) is 3.46. The molecule has 1 saturated heterocycles. The molecule has 0 aromatic heterocycles. The lowest BCUT2D eigenvalue weighted by Gasteiger charge is -2.33. The summed E-state index contributed by atoms with van der Waals surface area (Å²) in [6.45, 7) is 2.83. The van der Waals surface area contributed by atoms with Gasteiger partial charge in [-0.25, -0.2) is 0 Å². The van der Waals surface area contributed by atoms with Gasteiger partial charge in [-0.15, -0.1) is 0 Å². The summed E-state index contributed by atoms with van der Waals surface area (Å²) in [5, 5.41) is 13.7. The van der Waals surface area contributed by atoms with E-state index in [4.69, 9.17) is 14.2 Å². The molecule has 2 aromatic rings. The summed E-state index contributed by atoms with van der Waals surface area (Å²) in [6.07, 6.45) is 2.16. The van der Waals surface area contributed by atoms with E-state index in [0.717, 1.165) is 49.5 Å². The van der Waals surface area contributed by atoms with Gasteiger partial charge in [-0.05, 0) is 54.8 Å². The monoisotopic (exact) mass is 372 g/mol. The summed E-state index contributed by atoms with van der Waals surface area (Å²) in [6, 6.07) is 12.3. The van der Waals surface area contributed by atoms with Crippen molar-refractivity contribution in [2.45, 2.75) is 25.4 Å². The zero-order valence-electron chi connectivity index (χ0n) is 16.2. The minimum absolute atomic E-state index is 0.0474. The number of methoxy groups -OCH3 is 3. The SMILES string of the molecule is COc1ccc(NC2CCN(Cc3cc(OC)c(O)c(OC)c3)CC2)cc1. The van der Waals surface area contributed by atoms with Gasteiger partial charge in [-0.3, -0.25) is 4.90 Å². The Balaban J connectivity index is 1.54. The van der Waals surface area contributed by atoms with Gasteiger partial charge in [0.05, 0.1) is 21.3 Å². The number of piperidine rings is 1. The smallest absolute Gasteiger partial charge is 0.200 e. The van der Waals surface area contributed by atoms with Gasteiger partial charge in [0.25, 0.3) is 0 Å². The van der Waals surface area contributed by atoms with E-state index < -0.39 is 0 Å². The Morgan fingerprint density at radius 3 is 2.07 bits per heavy atom. The van der Waals surface area contributed by atoms with Crippen molar-refractivity contribution < 1.29 is 19.3 Å². The van der Waals surface area contributed by atoms with Crippen LogP contribution in [0.25, 0.3) is 0 Å². The molecule has 0 amide bonds. The average molecular weight is 372 g/mol. The molecule has 0 unspecified atom stereocenters. The van der Waals surface area contributed by atoms with E-state index in [1.807, 2.05) is 24.3 Å². The second-order valence-electron chi connectivity index (χ2n) is 6.77. The Hall–Kier alpha value is -2.60. The Morgan fingerprint density at radius 1 is 0.963 bits per heavy atom. The van der Waals surface area contributed by atoms with Gasteiger partial charge in [0.15, 0.2) is 11.5 Å². The highest BCUT2D eigenvalue weighted by Crippen LogP contribution is 2.37. The maximum Gasteiger partial charge on any atom is 0.200 e. The first kappa shape index (κ1) is 19.2. The molecule has 3 rings (SSSR count).